The summed E-state index contributed by atoms with van der Waals surface area (Å²) in [6.45, 7) is 10.4. The molecule has 233 valence electrons. The van der Waals surface area contributed by atoms with Crippen molar-refractivity contribution in [2.45, 2.75) is 43.0 Å². The Morgan fingerprint density at radius 1 is 1.13 bits per heavy atom. The lowest BCUT2D eigenvalue weighted by atomic mass is 10.1. The average molecular weight is 651 g/mol. The van der Waals surface area contributed by atoms with E-state index in [9.17, 15) is 23.1 Å². The minimum absolute atomic E-state index is 0.00649. The van der Waals surface area contributed by atoms with Crippen LogP contribution in [0.15, 0.2) is 64.8 Å². The number of aromatic nitrogens is 3. The third-order valence-corrected chi connectivity index (χ3v) is 10.4. The van der Waals surface area contributed by atoms with Crippen LogP contribution in [0.5, 0.6) is 5.75 Å². The van der Waals surface area contributed by atoms with Crippen molar-refractivity contribution < 1.29 is 27.1 Å². The van der Waals surface area contributed by atoms with Gasteiger partial charge in [0.15, 0.2) is 21.3 Å². The van der Waals surface area contributed by atoms with Gasteiger partial charge < -0.3 is 14.9 Å². The quantitative estimate of drug-likeness (QED) is 0.248. The molecule has 2 aromatic heterocycles. The van der Waals surface area contributed by atoms with E-state index in [2.05, 4.69) is 26.8 Å². The van der Waals surface area contributed by atoms with Crippen molar-refractivity contribution in [3.8, 4) is 22.7 Å². The van der Waals surface area contributed by atoms with E-state index in [0.717, 1.165) is 16.7 Å². The Morgan fingerprint density at radius 2 is 1.82 bits per heavy atom. The molecule has 45 heavy (non-hydrogen) atoms. The highest BCUT2D eigenvalue weighted by Gasteiger charge is 2.38. The Kier molecular flexibility index (Phi) is 8.16. The van der Waals surface area contributed by atoms with Gasteiger partial charge in [-0.3, -0.25) is 4.79 Å². The zero-order chi connectivity index (χ0) is 33.0. The highest BCUT2D eigenvalue weighted by atomic mass is 32.2. The number of rotatable bonds is 6. The van der Waals surface area contributed by atoms with E-state index in [1.165, 1.54) is 38.1 Å². The number of aromatic hydroxyl groups is 1. The maximum atomic E-state index is 16.0. The Hall–Kier alpha value is -4.43. The van der Waals surface area contributed by atoms with Crippen molar-refractivity contribution in [3.63, 3.8) is 0 Å². The van der Waals surface area contributed by atoms with E-state index in [-0.39, 0.29) is 53.0 Å². The zero-order valence-electron chi connectivity index (χ0n) is 25.0. The van der Waals surface area contributed by atoms with Gasteiger partial charge >= 0.3 is 5.69 Å². The highest BCUT2D eigenvalue weighted by molar-refractivity contribution is 7.92. The maximum Gasteiger partial charge on any atom is 0.355 e. The van der Waals surface area contributed by atoms with Crippen LogP contribution in [0, 0.1) is 18.6 Å². The normalized spacial score (nSPS) is 17.2. The highest BCUT2D eigenvalue weighted by Crippen LogP contribution is 2.38. The topological polar surface area (TPSA) is 126 Å². The lowest BCUT2D eigenvalue weighted by Crippen LogP contribution is -2.63. The number of amides is 1. The van der Waals surface area contributed by atoms with Crippen molar-refractivity contribution >= 4 is 42.8 Å². The van der Waals surface area contributed by atoms with E-state index >= 15 is 8.78 Å². The number of sulfone groups is 1. The van der Waals surface area contributed by atoms with Crippen molar-refractivity contribution in [3.05, 3.63) is 82.8 Å². The third kappa shape index (κ3) is 5.41. The molecule has 3 radical (unpaired) electrons. The molecule has 3 heterocycles. The number of hydrogen-bond acceptors (Lipinski definition) is 8. The first kappa shape index (κ1) is 32.0. The molecule has 0 bridgehead atoms. The van der Waals surface area contributed by atoms with Gasteiger partial charge in [-0.2, -0.15) is 4.98 Å². The van der Waals surface area contributed by atoms with Crippen LogP contribution in [-0.2, 0) is 14.6 Å². The van der Waals surface area contributed by atoms with Crippen molar-refractivity contribution in [2.75, 3.05) is 24.5 Å². The van der Waals surface area contributed by atoms with Gasteiger partial charge in [0.2, 0.25) is 5.91 Å². The summed E-state index contributed by atoms with van der Waals surface area (Å²) in [6, 6.07) is 8.99. The molecule has 0 unspecified atom stereocenters. The number of phenols is 1. The standard InChI is InChI=1S/C31H30F2N5O5SSi/c1-6-24(40)36-13-14-37(31(5,45)16-36)28-19-15-21(33)26(25-20(32)10-8-11-22(25)39)34-29(19)38(30(41)35-28)27-18(4)9-7-12-23(27)44(42,43)17(2)3/h6-12,15,17,39H,1,13-14,16H2,2-5H3/t31-/m0/s1. The summed E-state index contributed by atoms with van der Waals surface area (Å²) in [7, 11) is -0.266. The molecular formula is C31H30F2N5O5SSi. The number of carbonyl (C=O) groups excluding carboxylic acids is 1. The molecule has 1 fully saturated rings. The Morgan fingerprint density at radius 3 is 2.44 bits per heavy atom. The molecule has 1 atom stereocenters. The summed E-state index contributed by atoms with van der Waals surface area (Å²) in [5.74, 6) is -2.86. The molecule has 4 aromatic rings. The van der Waals surface area contributed by atoms with Crippen molar-refractivity contribution in [1.29, 1.82) is 0 Å². The summed E-state index contributed by atoms with van der Waals surface area (Å²) < 4.78 is 59.0. The van der Waals surface area contributed by atoms with Crippen LogP contribution in [0.4, 0.5) is 14.6 Å². The van der Waals surface area contributed by atoms with Gasteiger partial charge in [-0.15, -0.1) is 0 Å². The van der Waals surface area contributed by atoms with Crippen LogP contribution in [0.3, 0.4) is 0 Å². The summed E-state index contributed by atoms with van der Waals surface area (Å²) >= 11 is 0. The number of aryl methyl sites for hydroxylation is 1. The monoisotopic (exact) mass is 650 g/mol. The second-order valence-electron chi connectivity index (χ2n) is 11.3. The number of nitrogens with zero attached hydrogens (tertiary/aromatic N) is 5. The first-order chi connectivity index (χ1) is 21.1. The number of benzene rings is 2. The number of phenolic OH excluding ortho intramolecular Hbond substituents is 1. The molecule has 1 N–H and O–H groups in total. The molecule has 14 heteroatoms. The van der Waals surface area contributed by atoms with Gasteiger partial charge in [0.25, 0.3) is 0 Å². The maximum absolute atomic E-state index is 16.0. The minimum Gasteiger partial charge on any atom is -0.507 e. The fourth-order valence-corrected chi connectivity index (χ4v) is 7.20. The minimum atomic E-state index is -3.97. The molecule has 5 rings (SSSR count). The lowest BCUT2D eigenvalue weighted by molar-refractivity contribution is -0.127. The van der Waals surface area contributed by atoms with Gasteiger partial charge in [-0.1, -0.05) is 24.8 Å². The van der Waals surface area contributed by atoms with Crippen molar-refractivity contribution in [2.24, 2.45) is 0 Å². The van der Waals surface area contributed by atoms with E-state index < -0.39 is 54.6 Å². The van der Waals surface area contributed by atoms with Crippen LogP contribution in [0.2, 0.25) is 0 Å². The van der Waals surface area contributed by atoms with Crippen LogP contribution in [0.1, 0.15) is 26.3 Å². The number of halogens is 2. The molecule has 1 aliphatic heterocycles. The molecule has 1 amide bonds. The second-order valence-corrected chi connectivity index (χ2v) is 14.8. The Balaban J connectivity index is 1.90. The van der Waals surface area contributed by atoms with E-state index in [4.69, 9.17) is 0 Å². The third-order valence-electron chi connectivity index (χ3n) is 7.81. The van der Waals surface area contributed by atoms with Crippen LogP contribution >= 0.6 is 0 Å². The molecule has 0 aliphatic carbocycles. The number of anilines is 1. The average Bonchev–Trinajstić information content (AvgIpc) is 2.96. The molecule has 1 saturated heterocycles. The molecule has 0 saturated carbocycles. The van der Waals surface area contributed by atoms with Gasteiger partial charge in [0.05, 0.1) is 37.0 Å². The molecule has 0 spiro atoms. The smallest absolute Gasteiger partial charge is 0.355 e. The summed E-state index contributed by atoms with van der Waals surface area (Å²) in [5, 5.41) is 8.65. The number of hydrogen-bond donors (Lipinski definition) is 1. The fourth-order valence-electron chi connectivity index (χ4n) is 5.50. The Labute approximate surface area is 262 Å². The largest absolute Gasteiger partial charge is 0.507 e. The number of para-hydroxylation sites is 1. The van der Waals surface area contributed by atoms with Crippen LogP contribution in [0.25, 0.3) is 28.0 Å². The summed E-state index contributed by atoms with van der Waals surface area (Å²) in [4.78, 5) is 38.2. The first-order valence-corrected chi connectivity index (χ1v) is 16.0. The van der Waals surface area contributed by atoms with E-state index in [0.29, 0.717) is 5.56 Å². The molecular weight excluding hydrogens is 621 g/mol. The predicted octanol–water partition coefficient (Wildman–Crippen LogP) is 3.64. The number of fused-ring (bicyclic) bond motifs is 1. The van der Waals surface area contributed by atoms with Crippen LogP contribution < -0.4 is 10.6 Å². The predicted molar refractivity (Wildman–Crippen MR) is 167 cm³/mol. The van der Waals surface area contributed by atoms with Gasteiger partial charge in [-0.05, 0) is 63.6 Å². The Bertz CT molecular complexity index is 2030. The lowest BCUT2D eigenvalue weighted by Gasteiger charge is -2.47. The summed E-state index contributed by atoms with van der Waals surface area (Å²) in [5.41, 5.74) is -1.92. The van der Waals surface area contributed by atoms with Crippen molar-refractivity contribution in [1.82, 2.24) is 19.4 Å². The summed E-state index contributed by atoms with van der Waals surface area (Å²) in [6.07, 6.45) is 1.19. The number of pyridine rings is 1. The van der Waals surface area contributed by atoms with E-state index in [1.807, 2.05) is 0 Å². The SMILES string of the molecule is C=CC(=O)N1CCN(c2nc(=O)n(-c3c(C)cccc3S(=O)(=O)C(C)C)c3nc(-c4c(O)cccc4F)c(F)cc23)[C@@](C)([Si])C1. The van der Waals surface area contributed by atoms with E-state index in [1.54, 1.807) is 35.8 Å². The zero-order valence-corrected chi connectivity index (χ0v) is 26.8. The van der Waals surface area contributed by atoms with Crippen LogP contribution in [-0.4, -0.2) is 79.2 Å². The van der Waals surface area contributed by atoms with Gasteiger partial charge in [0.1, 0.15) is 23.1 Å². The van der Waals surface area contributed by atoms with Gasteiger partial charge in [-0.25, -0.2) is 31.5 Å². The fraction of sp³-hybridized carbons (Fsp3) is 0.290. The first-order valence-electron chi connectivity index (χ1n) is 14.0. The second kappa shape index (κ2) is 11.5. The van der Waals surface area contributed by atoms with Gasteiger partial charge in [0, 0.05) is 24.8 Å². The molecule has 2 aromatic carbocycles. The molecule has 1 aliphatic rings. The number of carbonyl (C=O) groups is 1. The number of piperazine rings is 1. The molecule has 10 nitrogen and oxygen atoms in total.